The van der Waals surface area contributed by atoms with E-state index in [9.17, 15) is 14.4 Å². The van der Waals surface area contributed by atoms with Crippen LogP contribution in [-0.4, -0.2) is 31.0 Å². The molecule has 0 spiro atoms. The molecule has 7 nitrogen and oxygen atoms in total. The third-order valence-corrected chi connectivity index (χ3v) is 3.41. The molecule has 2 N–H and O–H groups in total. The summed E-state index contributed by atoms with van der Waals surface area (Å²) in [6.07, 6.45) is -0.780. The minimum absolute atomic E-state index is 0.169. The van der Waals surface area contributed by atoms with Crippen molar-refractivity contribution in [1.82, 2.24) is 0 Å². The summed E-state index contributed by atoms with van der Waals surface area (Å²) in [5.41, 5.74) is 1.55. The topological polar surface area (TPSA) is 93.7 Å². The number of carbonyl (C=O) groups is 3. The van der Waals surface area contributed by atoms with Gasteiger partial charge in [0.2, 0.25) is 5.91 Å². The van der Waals surface area contributed by atoms with E-state index >= 15 is 0 Å². The van der Waals surface area contributed by atoms with Gasteiger partial charge in [0.1, 0.15) is 5.75 Å². The first-order valence-corrected chi connectivity index (χ1v) is 7.92. The fraction of sp³-hybridized carbons (Fsp3) is 0.211. The molecule has 0 aliphatic carbocycles. The number of nitrogens with one attached hydrogen (secondary N) is 2. The lowest BCUT2D eigenvalue weighted by molar-refractivity contribution is -0.122. The van der Waals surface area contributed by atoms with Crippen molar-refractivity contribution in [2.24, 2.45) is 0 Å². The van der Waals surface area contributed by atoms with Gasteiger partial charge in [-0.25, -0.2) is 4.79 Å². The molecule has 0 aromatic heterocycles. The number of amides is 2. The molecular formula is C19H20N2O5. The van der Waals surface area contributed by atoms with Crippen LogP contribution < -0.4 is 15.4 Å². The third kappa shape index (κ3) is 5.34. The van der Waals surface area contributed by atoms with E-state index in [1.54, 1.807) is 49.4 Å². The fourth-order valence-electron chi connectivity index (χ4n) is 2.16. The van der Waals surface area contributed by atoms with Crippen LogP contribution in [0.15, 0.2) is 48.5 Å². The van der Waals surface area contributed by atoms with Crippen LogP contribution in [0.2, 0.25) is 0 Å². The van der Waals surface area contributed by atoms with Gasteiger partial charge in [-0.15, -0.1) is 0 Å². The SMILES string of the molecule is COC(=O)c1cccc(O[C@H](C)C(=O)Nc2ccc(NC(C)=O)cc2)c1. The number of rotatable bonds is 6. The lowest BCUT2D eigenvalue weighted by Crippen LogP contribution is -2.30. The first kappa shape index (κ1) is 19.0. The Morgan fingerprint density at radius 2 is 1.58 bits per heavy atom. The highest BCUT2D eigenvalue weighted by atomic mass is 16.5. The lowest BCUT2D eigenvalue weighted by Gasteiger charge is -2.15. The Hall–Kier alpha value is -3.35. The molecule has 0 aliphatic heterocycles. The van der Waals surface area contributed by atoms with Crippen molar-refractivity contribution in [3.8, 4) is 5.75 Å². The average molecular weight is 356 g/mol. The van der Waals surface area contributed by atoms with E-state index < -0.39 is 12.1 Å². The summed E-state index contributed by atoms with van der Waals surface area (Å²) in [5, 5.41) is 5.37. The van der Waals surface area contributed by atoms with Crippen LogP contribution >= 0.6 is 0 Å². The molecule has 26 heavy (non-hydrogen) atoms. The van der Waals surface area contributed by atoms with E-state index in [4.69, 9.17) is 4.74 Å². The molecule has 0 saturated carbocycles. The standard InChI is InChI=1S/C19H20N2O5/c1-12(26-17-6-4-5-14(11-17)19(24)25-3)18(23)21-16-9-7-15(8-10-16)20-13(2)22/h4-12H,1-3H3,(H,20,22)(H,21,23)/t12-/m1/s1. The molecule has 2 aromatic carbocycles. The molecule has 2 aromatic rings. The lowest BCUT2D eigenvalue weighted by atomic mass is 10.2. The molecule has 0 saturated heterocycles. The number of ether oxygens (including phenoxy) is 2. The van der Waals surface area contributed by atoms with Gasteiger partial charge in [-0.3, -0.25) is 9.59 Å². The number of benzene rings is 2. The van der Waals surface area contributed by atoms with Gasteiger partial charge in [0.25, 0.3) is 5.91 Å². The Morgan fingerprint density at radius 3 is 2.15 bits per heavy atom. The zero-order valence-electron chi connectivity index (χ0n) is 14.7. The molecule has 0 unspecified atom stereocenters. The Labute approximate surface area is 151 Å². The van der Waals surface area contributed by atoms with Gasteiger partial charge >= 0.3 is 5.97 Å². The Bertz CT molecular complexity index is 802. The third-order valence-electron chi connectivity index (χ3n) is 3.41. The molecule has 7 heteroatoms. The summed E-state index contributed by atoms with van der Waals surface area (Å²) in [7, 11) is 1.29. The first-order chi connectivity index (χ1) is 12.4. The number of esters is 1. The maximum atomic E-state index is 12.3. The molecule has 2 amide bonds. The molecule has 0 heterocycles. The predicted octanol–water partition coefficient (Wildman–Crippen LogP) is 2.84. The molecule has 0 bridgehead atoms. The Kier molecular flexibility index (Phi) is 6.32. The number of methoxy groups -OCH3 is 1. The van der Waals surface area contributed by atoms with Gasteiger partial charge < -0.3 is 20.1 Å². The monoisotopic (exact) mass is 356 g/mol. The summed E-state index contributed by atoms with van der Waals surface area (Å²) in [5.74, 6) is -0.609. The molecular weight excluding hydrogens is 336 g/mol. The highest BCUT2D eigenvalue weighted by Crippen LogP contribution is 2.17. The van der Waals surface area contributed by atoms with Gasteiger partial charge in [0.05, 0.1) is 12.7 Å². The minimum Gasteiger partial charge on any atom is -0.481 e. The van der Waals surface area contributed by atoms with E-state index in [1.165, 1.54) is 20.1 Å². The number of anilines is 2. The van der Waals surface area contributed by atoms with Crippen molar-refractivity contribution >= 4 is 29.2 Å². The van der Waals surface area contributed by atoms with Crippen LogP contribution in [0.5, 0.6) is 5.75 Å². The van der Waals surface area contributed by atoms with E-state index in [2.05, 4.69) is 15.4 Å². The second-order valence-corrected chi connectivity index (χ2v) is 5.53. The largest absolute Gasteiger partial charge is 0.481 e. The van der Waals surface area contributed by atoms with E-state index in [1.807, 2.05) is 0 Å². The maximum Gasteiger partial charge on any atom is 0.337 e. The fourth-order valence-corrected chi connectivity index (χ4v) is 2.16. The zero-order valence-corrected chi connectivity index (χ0v) is 14.7. The molecule has 0 aliphatic rings. The van der Waals surface area contributed by atoms with Crippen molar-refractivity contribution in [3.05, 3.63) is 54.1 Å². The normalized spacial score (nSPS) is 11.2. The molecule has 136 valence electrons. The quantitative estimate of drug-likeness (QED) is 0.776. The van der Waals surface area contributed by atoms with Crippen molar-refractivity contribution in [2.45, 2.75) is 20.0 Å². The molecule has 2 rings (SSSR count). The van der Waals surface area contributed by atoms with Crippen LogP contribution in [0.3, 0.4) is 0 Å². The maximum absolute atomic E-state index is 12.3. The van der Waals surface area contributed by atoms with Gasteiger partial charge in [0, 0.05) is 18.3 Å². The van der Waals surface area contributed by atoms with Crippen LogP contribution in [-0.2, 0) is 14.3 Å². The second kappa shape index (κ2) is 8.66. The van der Waals surface area contributed by atoms with Crippen molar-refractivity contribution in [3.63, 3.8) is 0 Å². The van der Waals surface area contributed by atoms with Gasteiger partial charge in [-0.1, -0.05) is 6.07 Å². The summed E-state index contributed by atoms with van der Waals surface area (Å²) in [6.45, 7) is 3.02. The molecule has 0 radical (unpaired) electrons. The van der Waals surface area contributed by atoms with Crippen molar-refractivity contribution in [2.75, 3.05) is 17.7 Å². The van der Waals surface area contributed by atoms with Gasteiger partial charge in [-0.2, -0.15) is 0 Å². The molecule has 1 atom stereocenters. The highest BCUT2D eigenvalue weighted by Gasteiger charge is 2.16. The van der Waals surface area contributed by atoms with E-state index in [0.29, 0.717) is 22.7 Å². The van der Waals surface area contributed by atoms with E-state index in [0.717, 1.165) is 0 Å². The summed E-state index contributed by atoms with van der Waals surface area (Å²) < 4.78 is 10.2. The number of hydrogen-bond acceptors (Lipinski definition) is 5. The van der Waals surface area contributed by atoms with Crippen LogP contribution in [0, 0.1) is 0 Å². The highest BCUT2D eigenvalue weighted by molar-refractivity contribution is 5.95. The number of hydrogen-bond donors (Lipinski definition) is 2. The Morgan fingerprint density at radius 1 is 0.962 bits per heavy atom. The Balaban J connectivity index is 1.97. The summed E-state index contributed by atoms with van der Waals surface area (Å²) in [4.78, 5) is 34.8. The van der Waals surface area contributed by atoms with Crippen LogP contribution in [0.1, 0.15) is 24.2 Å². The van der Waals surface area contributed by atoms with Crippen LogP contribution in [0.4, 0.5) is 11.4 Å². The molecule has 0 fully saturated rings. The van der Waals surface area contributed by atoms with Crippen LogP contribution in [0.25, 0.3) is 0 Å². The summed E-state index contributed by atoms with van der Waals surface area (Å²) >= 11 is 0. The number of carbonyl (C=O) groups excluding carboxylic acids is 3. The zero-order chi connectivity index (χ0) is 19.1. The summed E-state index contributed by atoms with van der Waals surface area (Å²) in [6, 6.07) is 13.1. The van der Waals surface area contributed by atoms with Gasteiger partial charge in [0.15, 0.2) is 6.10 Å². The van der Waals surface area contributed by atoms with E-state index in [-0.39, 0.29) is 11.8 Å². The smallest absolute Gasteiger partial charge is 0.337 e. The first-order valence-electron chi connectivity index (χ1n) is 7.92. The average Bonchev–Trinajstić information content (AvgIpc) is 2.62. The second-order valence-electron chi connectivity index (χ2n) is 5.53. The van der Waals surface area contributed by atoms with Crippen molar-refractivity contribution in [1.29, 1.82) is 0 Å². The predicted molar refractivity (Wildman–Crippen MR) is 97.2 cm³/mol. The van der Waals surface area contributed by atoms with Crippen molar-refractivity contribution < 1.29 is 23.9 Å². The van der Waals surface area contributed by atoms with Gasteiger partial charge in [-0.05, 0) is 49.4 Å². The minimum atomic E-state index is -0.780.